The number of urea groups is 1. The summed E-state index contributed by atoms with van der Waals surface area (Å²) < 4.78 is 13.0. The van der Waals surface area contributed by atoms with Crippen molar-refractivity contribution in [3.63, 3.8) is 0 Å². The zero-order valence-electron chi connectivity index (χ0n) is 14.1. The highest BCUT2D eigenvalue weighted by atomic mass is 35.5. The molecule has 0 unspecified atom stereocenters. The fourth-order valence-electron chi connectivity index (χ4n) is 3.25. The molecule has 3 heterocycles. The van der Waals surface area contributed by atoms with Gasteiger partial charge in [-0.2, -0.15) is 0 Å². The molecule has 2 aliphatic rings. The molecule has 0 aliphatic carbocycles. The summed E-state index contributed by atoms with van der Waals surface area (Å²) in [6, 6.07) is 8.77. The number of fused-ring (bicyclic) bond motifs is 1. The summed E-state index contributed by atoms with van der Waals surface area (Å²) in [6.45, 7) is 3.29. The monoisotopic (exact) mass is 392 g/mol. The Balaban J connectivity index is 1.44. The molecule has 2 aliphatic heterocycles. The number of benzene rings is 1. The molecular weight excluding hydrogens is 375 g/mol. The van der Waals surface area contributed by atoms with Crippen molar-refractivity contribution in [3.8, 4) is 0 Å². The first-order valence-corrected chi connectivity index (χ1v) is 9.83. The van der Waals surface area contributed by atoms with Crippen molar-refractivity contribution < 1.29 is 9.18 Å². The number of nitrogens with zero attached hydrogens (tertiary/aromatic N) is 4. The number of amides is 2. The molecule has 0 radical (unpaired) electrons. The fourth-order valence-corrected chi connectivity index (χ4v) is 4.51. The second kappa shape index (κ2) is 7.32. The lowest BCUT2D eigenvalue weighted by atomic mass is 10.2. The number of anilines is 2. The predicted octanol–water partition coefficient (Wildman–Crippen LogP) is 3.73. The molecule has 0 N–H and O–H groups in total. The minimum Gasteiger partial charge on any atom is -0.353 e. The summed E-state index contributed by atoms with van der Waals surface area (Å²) in [5.41, 5.74) is 0.929. The van der Waals surface area contributed by atoms with E-state index in [4.69, 9.17) is 11.6 Å². The van der Waals surface area contributed by atoms with Crippen molar-refractivity contribution in [2.45, 2.75) is 4.90 Å². The number of pyridine rings is 1. The van der Waals surface area contributed by atoms with Gasteiger partial charge in [-0.3, -0.25) is 4.90 Å². The Morgan fingerprint density at radius 2 is 1.92 bits per heavy atom. The maximum atomic E-state index is 13.0. The fraction of sp³-hybridized carbons (Fsp3) is 0.333. The predicted molar refractivity (Wildman–Crippen MR) is 103 cm³/mol. The number of thioether (sulfide) groups is 1. The van der Waals surface area contributed by atoms with Gasteiger partial charge in [-0.1, -0.05) is 11.6 Å². The van der Waals surface area contributed by atoms with Crippen LogP contribution in [0.15, 0.2) is 41.4 Å². The van der Waals surface area contributed by atoms with E-state index < -0.39 is 0 Å². The first-order valence-electron chi connectivity index (χ1n) is 8.47. The van der Waals surface area contributed by atoms with E-state index in [2.05, 4.69) is 9.88 Å². The third-order valence-electron chi connectivity index (χ3n) is 4.60. The molecule has 1 aromatic heterocycles. The second-order valence-corrected chi connectivity index (χ2v) is 7.78. The first kappa shape index (κ1) is 17.4. The summed E-state index contributed by atoms with van der Waals surface area (Å²) in [7, 11) is 0. The van der Waals surface area contributed by atoms with Crippen LogP contribution in [0, 0.1) is 5.82 Å². The van der Waals surface area contributed by atoms with E-state index >= 15 is 0 Å². The highest BCUT2D eigenvalue weighted by molar-refractivity contribution is 7.99. The lowest BCUT2D eigenvalue weighted by molar-refractivity contribution is 0.201. The Bertz CT molecular complexity index is 811. The number of piperazine rings is 1. The summed E-state index contributed by atoms with van der Waals surface area (Å²) in [5.74, 6) is 1.26. The average Bonchev–Trinajstić information content (AvgIpc) is 2.67. The van der Waals surface area contributed by atoms with Crippen LogP contribution < -0.4 is 9.80 Å². The van der Waals surface area contributed by atoms with Crippen molar-refractivity contribution in [1.82, 2.24) is 9.88 Å². The standard InChI is InChI=1S/C18H18ClFN4OS/c19-13-1-3-15-16(11-13)26-10-9-24(15)18(25)23-7-5-22(6-8-23)17-4-2-14(20)12-21-17/h1-4,11-12H,5-10H2. The van der Waals surface area contributed by atoms with Gasteiger partial charge in [0.05, 0.1) is 11.9 Å². The quantitative estimate of drug-likeness (QED) is 0.741. The van der Waals surface area contributed by atoms with E-state index in [-0.39, 0.29) is 11.8 Å². The molecule has 1 saturated heterocycles. The van der Waals surface area contributed by atoms with Crippen LogP contribution >= 0.6 is 23.4 Å². The summed E-state index contributed by atoms with van der Waals surface area (Å²) in [4.78, 5) is 24.0. The van der Waals surface area contributed by atoms with Crippen molar-refractivity contribution in [2.75, 3.05) is 48.3 Å². The van der Waals surface area contributed by atoms with Gasteiger partial charge >= 0.3 is 6.03 Å². The number of carbonyl (C=O) groups is 1. The third kappa shape index (κ3) is 3.46. The van der Waals surface area contributed by atoms with Crippen LogP contribution in [-0.2, 0) is 0 Å². The highest BCUT2D eigenvalue weighted by Crippen LogP contribution is 2.37. The third-order valence-corrected chi connectivity index (χ3v) is 5.86. The zero-order valence-corrected chi connectivity index (χ0v) is 15.6. The van der Waals surface area contributed by atoms with Crippen molar-refractivity contribution in [3.05, 3.63) is 47.4 Å². The van der Waals surface area contributed by atoms with Crippen molar-refractivity contribution >= 4 is 40.9 Å². The first-order chi connectivity index (χ1) is 12.6. The van der Waals surface area contributed by atoms with Crippen LogP contribution in [0.2, 0.25) is 5.02 Å². The van der Waals surface area contributed by atoms with Gasteiger partial charge in [-0.05, 0) is 30.3 Å². The molecule has 0 atom stereocenters. The van der Waals surface area contributed by atoms with E-state index in [0.717, 1.165) is 22.2 Å². The van der Waals surface area contributed by atoms with Crippen LogP contribution in [-0.4, -0.2) is 54.4 Å². The van der Waals surface area contributed by atoms with Crippen molar-refractivity contribution in [1.29, 1.82) is 0 Å². The van der Waals surface area contributed by atoms with Crippen LogP contribution in [0.3, 0.4) is 0 Å². The van der Waals surface area contributed by atoms with Crippen LogP contribution in [0.25, 0.3) is 0 Å². The van der Waals surface area contributed by atoms with E-state index in [1.54, 1.807) is 17.8 Å². The number of hydrogen-bond acceptors (Lipinski definition) is 4. The summed E-state index contributed by atoms with van der Waals surface area (Å²) >= 11 is 7.80. The maximum Gasteiger partial charge on any atom is 0.324 e. The molecule has 2 amide bonds. The van der Waals surface area contributed by atoms with E-state index in [1.165, 1.54) is 12.3 Å². The number of carbonyl (C=O) groups excluding carboxylic acids is 1. The van der Waals surface area contributed by atoms with Gasteiger partial charge in [0.2, 0.25) is 0 Å². The zero-order chi connectivity index (χ0) is 18.1. The van der Waals surface area contributed by atoms with Crippen molar-refractivity contribution in [2.24, 2.45) is 0 Å². The van der Waals surface area contributed by atoms with E-state index in [0.29, 0.717) is 37.7 Å². The molecule has 8 heteroatoms. The summed E-state index contributed by atoms with van der Waals surface area (Å²) in [6.07, 6.45) is 1.22. The van der Waals surface area contributed by atoms with Gasteiger partial charge in [-0.25, -0.2) is 14.2 Å². The normalized spacial score (nSPS) is 17.2. The SMILES string of the molecule is O=C(N1CCN(c2ccc(F)cn2)CC1)N1CCSc2cc(Cl)ccc21. The molecule has 136 valence electrons. The van der Waals surface area contributed by atoms with Crippen LogP contribution in [0.4, 0.5) is 20.7 Å². The summed E-state index contributed by atoms with van der Waals surface area (Å²) in [5, 5.41) is 0.686. The molecule has 0 spiro atoms. The molecule has 5 nitrogen and oxygen atoms in total. The minimum absolute atomic E-state index is 0.0283. The number of halogens is 2. The second-order valence-electron chi connectivity index (χ2n) is 6.20. The largest absolute Gasteiger partial charge is 0.353 e. The highest BCUT2D eigenvalue weighted by Gasteiger charge is 2.29. The molecular formula is C18H18ClFN4OS. The molecule has 0 saturated carbocycles. The lowest BCUT2D eigenvalue weighted by Crippen LogP contribution is -2.54. The van der Waals surface area contributed by atoms with E-state index in [9.17, 15) is 9.18 Å². The Morgan fingerprint density at radius 3 is 2.65 bits per heavy atom. The molecule has 4 rings (SSSR count). The Hall–Kier alpha value is -1.99. The lowest BCUT2D eigenvalue weighted by Gasteiger charge is -2.39. The van der Waals surface area contributed by atoms with Gasteiger partial charge in [0.25, 0.3) is 0 Å². The van der Waals surface area contributed by atoms with Gasteiger partial charge in [0.1, 0.15) is 11.6 Å². The Morgan fingerprint density at radius 1 is 1.12 bits per heavy atom. The minimum atomic E-state index is -0.343. The molecule has 1 aromatic carbocycles. The van der Waals surface area contributed by atoms with Gasteiger partial charge in [0.15, 0.2) is 0 Å². The van der Waals surface area contributed by atoms with Gasteiger partial charge in [0, 0.05) is 48.4 Å². The Kier molecular flexibility index (Phi) is 4.91. The molecule has 26 heavy (non-hydrogen) atoms. The molecule has 0 bridgehead atoms. The van der Waals surface area contributed by atoms with Gasteiger partial charge < -0.3 is 9.80 Å². The number of hydrogen-bond donors (Lipinski definition) is 0. The smallest absolute Gasteiger partial charge is 0.324 e. The van der Waals surface area contributed by atoms with Crippen LogP contribution in [0.1, 0.15) is 0 Å². The number of rotatable bonds is 1. The molecule has 2 aromatic rings. The average molecular weight is 393 g/mol. The van der Waals surface area contributed by atoms with Crippen LogP contribution in [0.5, 0.6) is 0 Å². The maximum absolute atomic E-state index is 13.0. The topological polar surface area (TPSA) is 39.7 Å². The van der Waals surface area contributed by atoms with Gasteiger partial charge in [-0.15, -0.1) is 11.8 Å². The van der Waals surface area contributed by atoms with E-state index in [1.807, 2.05) is 28.0 Å². The number of aromatic nitrogens is 1. The molecule has 1 fully saturated rings. The Labute approximate surface area is 160 Å².